The molecule has 0 saturated heterocycles. The summed E-state index contributed by atoms with van der Waals surface area (Å²) in [5, 5.41) is 18.3. The summed E-state index contributed by atoms with van der Waals surface area (Å²) in [5.74, 6) is 0.440. The Kier molecular flexibility index (Phi) is 3.99. The Bertz CT molecular complexity index is 220. The van der Waals surface area contributed by atoms with Gasteiger partial charge in [0, 0.05) is 18.1 Å². The molecule has 1 atom stereocenters. The molecule has 1 heterocycles. The molecule has 0 aromatic carbocycles. The summed E-state index contributed by atoms with van der Waals surface area (Å²) in [5.41, 5.74) is 0. The molecule has 4 nitrogen and oxygen atoms in total. The topological polar surface area (TPSA) is 66.2 Å². The Labute approximate surface area is 74.7 Å². The molecule has 0 bridgehead atoms. The Morgan fingerprint density at radius 1 is 1.50 bits per heavy atom. The van der Waals surface area contributed by atoms with Crippen LogP contribution in [0.5, 0.6) is 0 Å². The van der Waals surface area contributed by atoms with Crippen molar-refractivity contribution in [3.8, 4) is 0 Å². The number of aromatic nitrogens is 2. The van der Waals surface area contributed by atoms with Crippen LogP contribution in [0.15, 0.2) is 23.6 Å². The number of nitrogens with zero attached hydrogens (tertiary/aromatic N) is 2. The quantitative estimate of drug-likeness (QED) is 0.644. The maximum absolute atomic E-state index is 9.00. The maximum atomic E-state index is 9.00. The van der Waals surface area contributed by atoms with Crippen LogP contribution < -0.4 is 0 Å². The molecule has 0 saturated carbocycles. The molecule has 66 valence electrons. The van der Waals surface area contributed by atoms with Gasteiger partial charge in [-0.2, -0.15) is 0 Å². The van der Waals surface area contributed by atoms with E-state index in [9.17, 15) is 0 Å². The largest absolute Gasteiger partial charge is 0.394 e. The molecule has 0 aliphatic heterocycles. The van der Waals surface area contributed by atoms with Gasteiger partial charge in [0.1, 0.15) is 5.03 Å². The third kappa shape index (κ3) is 3.17. The summed E-state index contributed by atoms with van der Waals surface area (Å²) in [7, 11) is 0. The molecule has 0 radical (unpaired) electrons. The van der Waals surface area contributed by atoms with Gasteiger partial charge in [0.15, 0.2) is 0 Å². The van der Waals surface area contributed by atoms with Gasteiger partial charge < -0.3 is 10.2 Å². The zero-order valence-electron chi connectivity index (χ0n) is 6.42. The van der Waals surface area contributed by atoms with Crippen molar-refractivity contribution in [1.82, 2.24) is 9.97 Å². The second-order valence-electron chi connectivity index (χ2n) is 2.19. The zero-order valence-corrected chi connectivity index (χ0v) is 7.24. The van der Waals surface area contributed by atoms with Gasteiger partial charge in [0.25, 0.3) is 0 Å². The average molecular weight is 186 g/mol. The van der Waals surface area contributed by atoms with E-state index in [1.54, 1.807) is 18.6 Å². The van der Waals surface area contributed by atoms with E-state index < -0.39 is 6.10 Å². The molecule has 0 fully saturated rings. The lowest BCUT2D eigenvalue weighted by atomic mass is 10.4. The first-order valence-electron chi connectivity index (χ1n) is 3.50. The van der Waals surface area contributed by atoms with Crippen molar-refractivity contribution >= 4 is 11.8 Å². The Hall–Kier alpha value is -0.650. The first-order valence-corrected chi connectivity index (χ1v) is 4.49. The van der Waals surface area contributed by atoms with Crippen LogP contribution in [0, 0.1) is 0 Å². The van der Waals surface area contributed by atoms with Crippen molar-refractivity contribution in [3.05, 3.63) is 18.6 Å². The first-order chi connectivity index (χ1) is 5.83. The summed E-state index contributed by atoms with van der Waals surface area (Å²) in [6.45, 7) is -0.215. The molecule has 1 rings (SSSR count). The van der Waals surface area contributed by atoms with E-state index in [1.165, 1.54) is 11.8 Å². The highest BCUT2D eigenvalue weighted by Crippen LogP contribution is 2.13. The number of hydrogen-bond donors (Lipinski definition) is 2. The summed E-state index contributed by atoms with van der Waals surface area (Å²) in [4.78, 5) is 7.85. The highest BCUT2D eigenvalue weighted by molar-refractivity contribution is 7.99. The lowest BCUT2D eigenvalue weighted by molar-refractivity contribution is 0.113. The summed E-state index contributed by atoms with van der Waals surface area (Å²) in [6, 6.07) is 0. The molecule has 2 N–H and O–H groups in total. The summed E-state index contributed by atoms with van der Waals surface area (Å²) < 4.78 is 0. The predicted octanol–water partition coefficient (Wildman–Crippen LogP) is -0.0781. The maximum Gasteiger partial charge on any atom is 0.114 e. The van der Waals surface area contributed by atoms with Crippen molar-refractivity contribution in [2.45, 2.75) is 11.1 Å². The van der Waals surface area contributed by atoms with Gasteiger partial charge in [0.05, 0.1) is 18.9 Å². The van der Waals surface area contributed by atoms with Gasteiger partial charge in [-0.25, -0.2) is 4.98 Å². The molecule has 1 unspecified atom stereocenters. The van der Waals surface area contributed by atoms with Gasteiger partial charge in [-0.15, -0.1) is 11.8 Å². The van der Waals surface area contributed by atoms with E-state index in [0.29, 0.717) is 5.75 Å². The van der Waals surface area contributed by atoms with Crippen LogP contribution in [-0.2, 0) is 0 Å². The minimum Gasteiger partial charge on any atom is -0.394 e. The molecule has 1 aromatic heterocycles. The molecule has 12 heavy (non-hydrogen) atoms. The van der Waals surface area contributed by atoms with Gasteiger partial charge >= 0.3 is 0 Å². The molecular weight excluding hydrogens is 176 g/mol. The van der Waals surface area contributed by atoms with E-state index in [2.05, 4.69) is 9.97 Å². The Morgan fingerprint density at radius 2 is 2.33 bits per heavy atom. The second kappa shape index (κ2) is 5.08. The van der Waals surface area contributed by atoms with Crippen LogP contribution in [0.1, 0.15) is 0 Å². The van der Waals surface area contributed by atoms with Crippen molar-refractivity contribution in [2.24, 2.45) is 0 Å². The predicted molar refractivity (Wildman–Crippen MR) is 45.8 cm³/mol. The molecule has 0 spiro atoms. The van der Waals surface area contributed by atoms with E-state index >= 15 is 0 Å². The van der Waals surface area contributed by atoms with Crippen molar-refractivity contribution < 1.29 is 10.2 Å². The molecule has 1 aromatic rings. The van der Waals surface area contributed by atoms with Crippen molar-refractivity contribution in [1.29, 1.82) is 0 Å². The monoisotopic (exact) mass is 186 g/mol. The van der Waals surface area contributed by atoms with Gasteiger partial charge in [-0.3, -0.25) is 4.98 Å². The number of thioether (sulfide) groups is 1. The molecule has 0 aliphatic carbocycles. The minimum absolute atomic E-state index is 0.215. The number of aliphatic hydroxyl groups excluding tert-OH is 2. The SMILES string of the molecule is OCC(O)CSc1cnccn1. The lowest BCUT2D eigenvalue weighted by Crippen LogP contribution is -2.14. The number of aliphatic hydroxyl groups is 2. The van der Waals surface area contributed by atoms with Crippen LogP contribution >= 0.6 is 11.8 Å². The third-order valence-electron chi connectivity index (χ3n) is 1.17. The van der Waals surface area contributed by atoms with Crippen LogP contribution in [0.2, 0.25) is 0 Å². The summed E-state index contributed by atoms with van der Waals surface area (Å²) in [6.07, 6.45) is 4.12. The van der Waals surface area contributed by atoms with Gasteiger partial charge in [0.2, 0.25) is 0 Å². The zero-order chi connectivity index (χ0) is 8.81. The molecule has 0 amide bonds. The van der Waals surface area contributed by atoms with Crippen molar-refractivity contribution in [2.75, 3.05) is 12.4 Å². The fraction of sp³-hybridized carbons (Fsp3) is 0.429. The average Bonchev–Trinajstić information content (AvgIpc) is 2.16. The number of rotatable bonds is 4. The molecule has 0 aliphatic rings. The fourth-order valence-electron chi connectivity index (χ4n) is 0.594. The Morgan fingerprint density at radius 3 is 2.92 bits per heavy atom. The van der Waals surface area contributed by atoms with Gasteiger partial charge in [-0.05, 0) is 0 Å². The Balaban J connectivity index is 2.33. The smallest absolute Gasteiger partial charge is 0.114 e. The van der Waals surface area contributed by atoms with Crippen LogP contribution in [0.3, 0.4) is 0 Å². The van der Waals surface area contributed by atoms with E-state index in [4.69, 9.17) is 10.2 Å². The molecular formula is C7H10N2O2S. The normalized spacial score (nSPS) is 12.8. The highest BCUT2D eigenvalue weighted by Gasteiger charge is 2.02. The minimum atomic E-state index is -0.683. The summed E-state index contributed by atoms with van der Waals surface area (Å²) >= 11 is 1.37. The van der Waals surface area contributed by atoms with Crippen LogP contribution in [0.4, 0.5) is 0 Å². The molecule has 5 heteroatoms. The standard InChI is InChI=1S/C7H10N2O2S/c10-4-6(11)5-12-7-3-8-1-2-9-7/h1-3,6,10-11H,4-5H2. The van der Waals surface area contributed by atoms with Gasteiger partial charge in [-0.1, -0.05) is 0 Å². The lowest BCUT2D eigenvalue weighted by Gasteiger charge is -2.04. The van der Waals surface area contributed by atoms with E-state index in [1.807, 2.05) is 0 Å². The third-order valence-corrected chi connectivity index (χ3v) is 2.23. The van der Waals surface area contributed by atoms with E-state index in [0.717, 1.165) is 5.03 Å². The van der Waals surface area contributed by atoms with Crippen LogP contribution in [0.25, 0.3) is 0 Å². The first kappa shape index (κ1) is 9.44. The highest BCUT2D eigenvalue weighted by atomic mass is 32.2. The van der Waals surface area contributed by atoms with Crippen LogP contribution in [-0.4, -0.2) is 38.6 Å². The second-order valence-corrected chi connectivity index (χ2v) is 3.23. The number of hydrogen-bond acceptors (Lipinski definition) is 5. The van der Waals surface area contributed by atoms with Crippen molar-refractivity contribution in [3.63, 3.8) is 0 Å². The van der Waals surface area contributed by atoms with E-state index in [-0.39, 0.29) is 6.61 Å². The fourth-order valence-corrected chi connectivity index (χ4v) is 1.33.